The Bertz CT molecular complexity index is 1130. The average molecular weight is 332 g/mol. The van der Waals surface area contributed by atoms with Gasteiger partial charge in [0.15, 0.2) is 11.7 Å². The standard InChI is InChI=1S/C21H19FN3/c1-12-13(2)15(4)21-20(14(12)3)23-18-9-10-25(11-19(18)24-21)17-7-5-16(22)6-8-17/h5-11H,1-4H3/q+1. The minimum absolute atomic E-state index is 0.243. The first-order chi connectivity index (χ1) is 12.0. The van der Waals surface area contributed by atoms with Crippen LogP contribution in [0, 0.1) is 33.5 Å². The SMILES string of the molecule is Cc1c(C)c(C)c2nc3c[n+](-c4ccc(F)cc4)ccc3nc2c1C. The summed E-state index contributed by atoms with van der Waals surface area (Å²) in [7, 11) is 0. The zero-order valence-electron chi connectivity index (χ0n) is 14.8. The van der Waals surface area contributed by atoms with Crippen molar-refractivity contribution in [3.8, 4) is 5.69 Å². The van der Waals surface area contributed by atoms with Crippen molar-refractivity contribution >= 4 is 22.1 Å². The molecule has 0 amide bonds. The zero-order valence-corrected chi connectivity index (χ0v) is 14.8. The van der Waals surface area contributed by atoms with E-state index in [0.29, 0.717) is 0 Å². The van der Waals surface area contributed by atoms with Gasteiger partial charge in [0.25, 0.3) is 0 Å². The Morgan fingerprint density at radius 2 is 1.28 bits per heavy atom. The lowest BCUT2D eigenvalue weighted by Crippen LogP contribution is -2.29. The normalized spacial score (nSPS) is 11.4. The molecule has 2 heterocycles. The van der Waals surface area contributed by atoms with Crippen LogP contribution >= 0.6 is 0 Å². The molecular formula is C21H19FN3+. The van der Waals surface area contributed by atoms with E-state index in [1.54, 1.807) is 12.1 Å². The molecule has 0 saturated carbocycles. The molecule has 4 aromatic rings. The zero-order chi connectivity index (χ0) is 17.7. The van der Waals surface area contributed by atoms with E-state index < -0.39 is 0 Å². The van der Waals surface area contributed by atoms with E-state index in [1.165, 1.54) is 34.4 Å². The van der Waals surface area contributed by atoms with Gasteiger partial charge in [-0.05, 0) is 62.1 Å². The molecule has 0 spiro atoms. The first kappa shape index (κ1) is 15.6. The number of pyridine rings is 1. The van der Waals surface area contributed by atoms with Crippen LogP contribution in [-0.4, -0.2) is 9.97 Å². The molecule has 0 aliphatic rings. The Hall–Kier alpha value is -2.88. The Kier molecular flexibility index (Phi) is 3.49. The highest BCUT2D eigenvalue weighted by Gasteiger charge is 2.15. The highest BCUT2D eigenvalue weighted by molar-refractivity contribution is 5.90. The summed E-state index contributed by atoms with van der Waals surface area (Å²) in [5.41, 5.74) is 9.38. The van der Waals surface area contributed by atoms with Crippen LogP contribution in [0.1, 0.15) is 22.3 Å². The number of aryl methyl sites for hydroxylation is 2. The van der Waals surface area contributed by atoms with E-state index in [-0.39, 0.29) is 5.82 Å². The minimum Gasteiger partial charge on any atom is -0.244 e. The molecule has 4 rings (SSSR count). The maximum Gasteiger partial charge on any atom is 0.210 e. The van der Waals surface area contributed by atoms with Crippen molar-refractivity contribution in [1.29, 1.82) is 0 Å². The number of halogens is 1. The van der Waals surface area contributed by atoms with Gasteiger partial charge in [0.05, 0.1) is 11.0 Å². The molecule has 0 radical (unpaired) electrons. The highest BCUT2D eigenvalue weighted by atomic mass is 19.1. The van der Waals surface area contributed by atoms with E-state index in [1.807, 2.05) is 23.0 Å². The molecule has 0 unspecified atom stereocenters. The number of benzene rings is 2. The molecule has 2 aromatic heterocycles. The van der Waals surface area contributed by atoms with E-state index in [9.17, 15) is 4.39 Å². The van der Waals surface area contributed by atoms with Crippen LogP contribution in [-0.2, 0) is 0 Å². The van der Waals surface area contributed by atoms with Crippen molar-refractivity contribution in [2.75, 3.05) is 0 Å². The molecule has 0 atom stereocenters. The van der Waals surface area contributed by atoms with E-state index in [0.717, 1.165) is 27.8 Å². The molecular weight excluding hydrogens is 313 g/mol. The minimum atomic E-state index is -0.243. The van der Waals surface area contributed by atoms with Gasteiger partial charge in [0.2, 0.25) is 11.9 Å². The average Bonchev–Trinajstić information content (AvgIpc) is 2.63. The van der Waals surface area contributed by atoms with Gasteiger partial charge in [-0.3, -0.25) is 0 Å². The van der Waals surface area contributed by atoms with Crippen LogP contribution in [0.4, 0.5) is 4.39 Å². The summed E-state index contributed by atoms with van der Waals surface area (Å²) in [5, 5.41) is 0. The third-order valence-corrected chi connectivity index (χ3v) is 5.13. The molecule has 3 nitrogen and oxygen atoms in total. The van der Waals surface area contributed by atoms with E-state index >= 15 is 0 Å². The molecule has 0 aliphatic heterocycles. The number of aromatic nitrogens is 3. The number of fused-ring (bicyclic) bond motifs is 2. The van der Waals surface area contributed by atoms with Gasteiger partial charge >= 0.3 is 0 Å². The molecule has 0 N–H and O–H groups in total. The Balaban J connectivity index is 1.99. The fourth-order valence-electron chi connectivity index (χ4n) is 3.22. The summed E-state index contributed by atoms with van der Waals surface area (Å²) < 4.78 is 15.1. The van der Waals surface area contributed by atoms with Crippen LogP contribution in [0.5, 0.6) is 0 Å². The second-order valence-electron chi connectivity index (χ2n) is 6.52. The molecule has 25 heavy (non-hydrogen) atoms. The second kappa shape index (κ2) is 5.59. The van der Waals surface area contributed by atoms with Crippen LogP contribution < -0.4 is 4.57 Å². The molecule has 2 aromatic carbocycles. The smallest absolute Gasteiger partial charge is 0.210 e. The maximum atomic E-state index is 13.2. The number of nitrogens with zero attached hydrogens (tertiary/aromatic N) is 3. The largest absolute Gasteiger partial charge is 0.244 e. The lowest BCUT2D eigenvalue weighted by molar-refractivity contribution is -0.594. The molecule has 0 aliphatic carbocycles. The Morgan fingerprint density at radius 3 is 1.88 bits per heavy atom. The van der Waals surface area contributed by atoms with Gasteiger partial charge in [-0.2, -0.15) is 4.57 Å². The Morgan fingerprint density at radius 1 is 0.720 bits per heavy atom. The predicted molar refractivity (Wildman–Crippen MR) is 97.5 cm³/mol. The van der Waals surface area contributed by atoms with Gasteiger partial charge in [-0.25, -0.2) is 14.4 Å². The quantitative estimate of drug-likeness (QED) is 0.381. The predicted octanol–water partition coefficient (Wildman–Crippen LogP) is 4.43. The van der Waals surface area contributed by atoms with Crippen molar-refractivity contribution in [2.24, 2.45) is 0 Å². The van der Waals surface area contributed by atoms with Gasteiger partial charge in [-0.15, -0.1) is 0 Å². The summed E-state index contributed by atoms with van der Waals surface area (Å²) >= 11 is 0. The van der Waals surface area contributed by atoms with Crippen LogP contribution in [0.15, 0.2) is 42.7 Å². The fraction of sp³-hybridized carbons (Fsp3) is 0.190. The van der Waals surface area contributed by atoms with E-state index in [2.05, 4.69) is 27.7 Å². The van der Waals surface area contributed by atoms with Gasteiger partial charge < -0.3 is 0 Å². The van der Waals surface area contributed by atoms with Crippen LogP contribution in [0.25, 0.3) is 27.8 Å². The first-order valence-electron chi connectivity index (χ1n) is 8.31. The van der Waals surface area contributed by atoms with Crippen LogP contribution in [0.2, 0.25) is 0 Å². The van der Waals surface area contributed by atoms with Gasteiger partial charge in [0.1, 0.15) is 11.3 Å². The second-order valence-corrected chi connectivity index (χ2v) is 6.52. The fourth-order valence-corrected chi connectivity index (χ4v) is 3.22. The summed E-state index contributed by atoms with van der Waals surface area (Å²) in [6, 6.07) is 8.36. The summed E-state index contributed by atoms with van der Waals surface area (Å²) in [6.07, 6.45) is 3.87. The van der Waals surface area contributed by atoms with Crippen molar-refractivity contribution in [3.05, 3.63) is 70.8 Å². The van der Waals surface area contributed by atoms with Crippen molar-refractivity contribution in [3.63, 3.8) is 0 Å². The van der Waals surface area contributed by atoms with Gasteiger partial charge in [0, 0.05) is 18.2 Å². The summed E-state index contributed by atoms with van der Waals surface area (Å²) in [6.45, 7) is 8.47. The van der Waals surface area contributed by atoms with Gasteiger partial charge in [-0.1, -0.05) is 0 Å². The van der Waals surface area contributed by atoms with E-state index in [4.69, 9.17) is 9.97 Å². The van der Waals surface area contributed by atoms with Crippen molar-refractivity contribution in [2.45, 2.75) is 27.7 Å². The number of rotatable bonds is 1. The van der Waals surface area contributed by atoms with Crippen LogP contribution in [0.3, 0.4) is 0 Å². The summed E-state index contributed by atoms with van der Waals surface area (Å²) in [4.78, 5) is 9.74. The maximum absolute atomic E-state index is 13.2. The first-order valence-corrected chi connectivity index (χ1v) is 8.31. The third kappa shape index (κ3) is 2.45. The summed E-state index contributed by atoms with van der Waals surface area (Å²) in [5.74, 6) is -0.243. The topological polar surface area (TPSA) is 29.7 Å². The lowest BCUT2D eigenvalue weighted by Gasteiger charge is -2.12. The monoisotopic (exact) mass is 332 g/mol. The highest BCUT2D eigenvalue weighted by Crippen LogP contribution is 2.27. The number of hydrogen-bond acceptors (Lipinski definition) is 2. The lowest BCUT2D eigenvalue weighted by atomic mass is 9.97. The molecule has 0 bridgehead atoms. The molecule has 4 heteroatoms. The molecule has 0 saturated heterocycles. The Labute approximate surface area is 145 Å². The molecule has 0 fully saturated rings. The van der Waals surface area contributed by atoms with Crippen molar-refractivity contribution < 1.29 is 8.96 Å². The molecule has 124 valence electrons. The third-order valence-electron chi connectivity index (χ3n) is 5.13. The number of hydrogen-bond donors (Lipinski definition) is 0. The van der Waals surface area contributed by atoms with Crippen molar-refractivity contribution in [1.82, 2.24) is 9.97 Å².